The summed E-state index contributed by atoms with van der Waals surface area (Å²) < 4.78 is 5.75. The topological polar surface area (TPSA) is 135 Å². The van der Waals surface area contributed by atoms with Crippen LogP contribution in [0.4, 0.5) is 0 Å². The van der Waals surface area contributed by atoms with Crippen molar-refractivity contribution < 1.29 is 30.1 Å². The van der Waals surface area contributed by atoms with E-state index >= 15 is 0 Å². The first kappa shape index (κ1) is 23.4. The van der Waals surface area contributed by atoms with Crippen molar-refractivity contribution in [3.8, 4) is 0 Å². The van der Waals surface area contributed by atoms with Gasteiger partial charge in [-0.1, -0.05) is 18.5 Å². The van der Waals surface area contributed by atoms with Gasteiger partial charge in [0.25, 0.3) is 0 Å². The first-order valence-corrected chi connectivity index (χ1v) is 11.0. The smallest absolute Gasteiger partial charge is 0.237 e. The molecule has 9 nitrogen and oxygen atoms in total. The van der Waals surface area contributed by atoms with E-state index in [9.17, 15) is 25.3 Å². The number of aliphatic hydroxyl groups excluding tert-OH is 3. The normalized spacial score (nSPS) is 38.4. The number of ether oxygens (including phenoxy) is 1. The van der Waals surface area contributed by atoms with Crippen molar-refractivity contribution in [3.63, 3.8) is 0 Å². The van der Waals surface area contributed by atoms with Gasteiger partial charge in [0.2, 0.25) is 5.91 Å². The summed E-state index contributed by atoms with van der Waals surface area (Å²) in [7, 11) is 1.90. The highest BCUT2D eigenvalue weighted by molar-refractivity contribution is 7.99. The highest BCUT2D eigenvalue weighted by Gasteiger charge is 2.48. The van der Waals surface area contributed by atoms with Gasteiger partial charge in [0.1, 0.15) is 29.9 Å². The fraction of sp³-hybridized carbons (Fsp3) is 0.889. The molecule has 0 radical (unpaired) electrons. The number of likely N-dealkylation sites (tertiary alicyclic amines) is 1. The van der Waals surface area contributed by atoms with E-state index in [0.717, 1.165) is 25.8 Å². The number of hydrogen-bond donors (Lipinski definition) is 5. The minimum atomic E-state index is -1.45. The van der Waals surface area contributed by atoms with E-state index in [0.29, 0.717) is 5.92 Å². The molecule has 10 heteroatoms. The summed E-state index contributed by atoms with van der Waals surface area (Å²) in [6.45, 7) is 4.46. The highest BCUT2D eigenvalue weighted by atomic mass is 32.2. The molecule has 2 heterocycles. The molecule has 2 aliphatic rings. The summed E-state index contributed by atoms with van der Waals surface area (Å²) in [5, 5.41) is 45.9. The molecule has 8 atom stereocenters. The van der Waals surface area contributed by atoms with Crippen LogP contribution in [0.5, 0.6) is 0 Å². The van der Waals surface area contributed by atoms with Gasteiger partial charge in [-0.3, -0.25) is 9.69 Å². The van der Waals surface area contributed by atoms with E-state index in [1.54, 1.807) is 6.26 Å². The van der Waals surface area contributed by atoms with Crippen molar-refractivity contribution in [3.05, 3.63) is 0 Å². The van der Waals surface area contributed by atoms with Crippen LogP contribution in [0.15, 0.2) is 5.16 Å². The Morgan fingerprint density at radius 2 is 2.00 bits per heavy atom. The molecule has 0 aromatic rings. The van der Waals surface area contributed by atoms with Gasteiger partial charge in [0.15, 0.2) is 0 Å². The molecule has 28 heavy (non-hydrogen) atoms. The molecule has 1 amide bonds. The number of nitrogens with zero attached hydrogens (tertiary/aromatic N) is 2. The Balaban J connectivity index is 2.17. The molecular weight excluding hydrogens is 386 g/mol. The van der Waals surface area contributed by atoms with E-state index in [2.05, 4.69) is 17.4 Å². The number of amides is 1. The zero-order valence-corrected chi connectivity index (χ0v) is 17.7. The first-order valence-electron chi connectivity index (χ1n) is 9.66. The lowest BCUT2D eigenvalue weighted by atomic mass is 9.92. The van der Waals surface area contributed by atoms with Gasteiger partial charge < -0.3 is 30.6 Å². The first-order chi connectivity index (χ1) is 13.2. The number of aliphatic hydroxyl groups is 3. The third-order valence-electron chi connectivity index (χ3n) is 5.71. The number of carbonyl (C=O) groups excluding carboxylic acids is 1. The van der Waals surface area contributed by atoms with E-state index in [4.69, 9.17) is 4.74 Å². The highest BCUT2D eigenvalue weighted by Crippen LogP contribution is 2.30. The summed E-state index contributed by atoms with van der Waals surface area (Å²) in [6, 6.07) is -1.26. The summed E-state index contributed by atoms with van der Waals surface area (Å²) in [4.78, 5) is 14.9. The largest absolute Gasteiger partial charge is 0.411 e. The molecule has 0 aromatic heterocycles. The molecule has 0 spiro atoms. The Kier molecular flexibility index (Phi) is 8.53. The van der Waals surface area contributed by atoms with Crippen LogP contribution in [-0.2, 0) is 9.53 Å². The molecule has 5 N–H and O–H groups in total. The molecule has 162 valence electrons. The number of rotatable bonds is 7. The van der Waals surface area contributed by atoms with Gasteiger partial charge >= 0.3 is 0 Å². The van der Waals surface area contributed by atoms with Crippen LogP contribution >= 0.6 is 11.8 Å². The summed E-state index contributed by atoms with van der Waals surface area (Å²) in [5.74, 6) is 0.206. The van der Waals surface area contributed by atoms with Crippen molar-refractivity contribution in [2.45, 2.75) is 75.0 Å². The third-order valence-corrected chi connectivity index (χ3v) is 6.56. The van der Waals surface area contributed by atoms with Crippen LogP contribution in [0, 0.1) is 5.92 Å². The molecular formula is C18H33N3O6S. The molecule has 2 aliphatic heterocycles. The number of likely N-dealkylation sites (N-methyl/N-ethyl adjacent to an activating group) is 1. The van der Waals surface area contributed by atoms with Gasteiger partial charge in [-0.05, 0) is 39.0 Å². The van der Waals surface area contributed by atoms with Crippen LogP contribution < -0.4 is 5.32 Å². The van der Waals surface area contributed by atoms with E-state index < -0.39 is 35.9 Å². The van der Waals surface area contributed by atoms with Crippen molar-refractivity contribution in [1.82, 2.24) is 10.2 Å². The van der Waals surface area contributed by atoms with E-state index in [-0.39, 0.29) is 17.7 Å². The Bertz CT molecular complexity index is 563. The molecule has 2 rings (SSSR count). The lowest BCUT2D eigenvalue weighted by Gasteiger charge is -2.43. The predicted octanol–water partition coefficient (Wildman–Crippen LogP) is -0.388. The predicted molar refractivity (Wildman–Crippen MR) is 106 cm³/mol. The molecule has 2 saturated heterocycles. The second kappa shape index (κ2) is 10.2. The Morgan fingerprint density at radius 3 is 2.57 bits per heavy atom. The quantitative estimate of drug-likeness (QED) is 0.214. The van der Waals surface area contributed by atoms with Crippen molar-refractivity contribution >= 4 is 23.4 Å². The zero-order valence-electron chi connectivity index (χ0n) is 16.9. The van der Waals surface area contributed by atoms with Crippen LogP contribution in [0.3, 0.4) is 0 Å². The Labute approximate surface area is 170 Å². The monoisotopic (exact) mass is 419 g/mol. The van der Waals surface area contributed by atoms with Gasteiger partial charge in [-0.25, -0.2) is 0 Å². The third kappa shape index (κ3) is 4.98. The average Bonchev–Trinajstić information content (AvgIpc) is 3.05. The second-order valence-electron chi connectivity index (χ2n) is 7.75. The molecule has 0 bridgehead atoms. The van der Waals surface area contributed by atoms with Crippen molar-refractivity contribution in [2.24, 2.45) is 11.1 Å². The molecule has 0 unspecified atom stereocenters. The number of thioether (sulfide) groups is 1. The van der Waals surface area contributed by atoms with E-state index in [1.807, 2.05) is 11.9 Å². The molecule has 0 aliphatic carbocycles. The maximum absolute atomic E-state index is 12.9. The summed E-state index contributed by atoms with van der Waals surface area (Å²) >= 11 is 1.18. The van der Waals surface area contributed by atoms with Crippen LogP contribution in [0.1, 0.15) is 33.1 Å². The summed E-state index contributed by atoms with van der Waals surface area (Å²) in [6.07, 6.45) is -0.658. The van der Waals surface area contributed by atoms with Crippen LogP contribution in [0.25, 0.3) is 0 Å². The number of carbonyl (C=O) groups is 1. The second-order valence-corrected chi connectivity index (χ2v) is 8.69. The zero-order chi connectivity index (χ0) is 21.0. The lowest BCUT2D eigenvalue weighted by molar-refractivity contribution is -0.200. The average molecular weight is 420 g/mol. The van der Waals surface area contributed by atoms with Gasteiger partial charge in [-0.15, -0.1) is 11.8 Å². The minimum Gasteiger partial charge on any atom is -0.411 e. The standard InChI is InChI=1S/C18H33N3O6S/c1-5-6-10-7-11(21(3)8-10)17(25)19-12(9(2)20-26)16-14(23)13(22)15(24)18(27-16)28-4/h10-16,18,22-24,26H,5-8H2,1-4H3,(H,19,25)/b20-9+/t10-,11+,12-,13+,14-,15-,16-,18-/m1/s1. The maximum Gasteiger partial charge on any atom is 0.237 e. The van der Waals surface area contributed by atoms with E-state index in [1.165, 1.54) is 18.7 Å². The molecule has 0 saturated carbocycles. The SMILES string of the molecule is CCC[C@@H]1C[C@@H](C(=O)N[C@H](/C(C)=N/O)[C@H]2O[C@H](SC)[C@H](O)[C@@H](O)[C@H]2O)N(C)C1. The van der Waals surface area contributed by atoms with Gasteiger partial charge in [-0.2, -0.15) is 0 Å². The molecule has 2 fully saturated rings. The Morgan fingerprint density at radius 1 is 1.32 bits per heavy atom. The van der Waals surface area contributed by atoms with Crippen molar-refractivity contribution in [1.29, 1.82) is 0 Å². The number of nitrogens with one attached hydrogen (secondary N) is 1. The van der Waals surface area contributed by atoms with Gasteiger partial charge in [0, 0.05) is 6.54 Å². The minimum absolute atomic E-state index is 0.145. The van der Waals surface area contributed by atoms with Gasteiger partial charge in [0.05, 0.1) is 17.8 Å². The van der Waals surface area contributed by atoms with Crippen molar-refractivity contribution in [2.75, 3.05) is 19.8 Å². The summed E-state index contributed by atoms with van der Waals surface area (Å²) in [5.41, 5.74) is -0.635. The van der Waals surface area contributed by atoms with Crippen LogP contribution in [0.2, 0.25) is 0 Å². The van der Waals surface area contributed by atoms with Crippen LogP contribution in [-0.4, -0.2) is 98.8 Å². The number of hydrogen-bond acceptors (Lipinski definition) is 9. The lowest BCUT2D eigenvalue weighted by Crippen LogP contribution is -2.65. The maximum atomic E-state index is 12.9. The Hall–Kier alpha value is -0.910. The fourth-order valence-electron chi connectivity index (χ4n) is 4.11. The fourth-order valence-corrected chi connectivity index (χ4v) is 4.79. The number of oxime groups is 1. The molecule has 0 aromatic carbocycles.